The lowest BCUT2D eigenvalue weighted by molar-refractivity contribution is -0.0546. The zero-order chi connectivity index (χ0) is 39.3. The van der Waals surface area contributed by atoms with Crippen LogP contribution in [0, 0.1) is 0 Å². The summed E-state index contributed by atoms with van der Waals surface area (Å²) >= 11 is 0. The zero-order valence-corrected chi connectivity index (χ0v) is 27.5. The van der Waals surface area contributed by atoms with Crippen LogP contribution in [0.4, 0.5) is 52.7 Å². The molecule has 1 aliphatic carbocycles. The predicted molar refractivity (Wildman–Crippen MR) is 144 cm³/mol. The van der Waals surface area contributed by atoms with Gasteiger partial charge in [0.1, 0.15) is 11.5 Å². The first kappa shape index (κ1) is 42.3. The maximum absolute atomic E-state index is 13.1. The Morgan fingerprint density at radius 3 is 1.04 bits per heavy atom. The standard InChI is InChI=1S/C23H18F12O12S4/c24-20(25,26)48(36,37)44-9-1-7-19(8-2-10-45-49(38,39)21(27,28)29)17-11-13(46-50(40,41)22(30,31)32)3-5-15(17)16-6-4-14(12-18(16)19)47-51(42,43)23(33,34)35/h3-6,11-12H,1-2,7-10H2. The van der Waals surface area contributed by atoms with Crippen LogP contribution in [0.15, 0.2) is 36.4 Å². The van der Waals surface area contributed by atoms with E-state index in [-0.39, 0.29) is 11.1 Å². The van der Waals surface area contributed by atoms with E-state index in [1.807, 2.05) is 0 Å². The molecule has 1 aliphatic rings. The summed E-state index contributed by atoms with van der Waals surface area (Å²) in [4.78, 5) is 0. The number of hydrogen-bond acceptors (Lipinski definition) is 12. The largest absolute Gasteiger partial charge is 0.534 e. The van der Waals surface area contributed by atoms with Gasteiger partial charge in [0.25, 0.3) is 0 Å². The lowest BCUT2D eigenvalue weighted by Gasteiger charge is -2.33. The molecule has 12 nitrogen and oxygen atoms in total. The summed E-state index contributed by atoms with van der Waals surface area (Å²) in [7, 11) is -25.3. The van der Waals surface area contributed by atoms with E-state index in [4.69, 9.17) is 0 Å². The number of rotatable bonds is 14. The van der Waals surface area contributed by atoms with Gasteiger partial charge in [0.2, 0.25) is 0 Å². The predicted octanol–water partition coefficient (Wildman–Crippen LogP) is 5.70. The van der Waals surface area contributed by atoms with Gasteiger partial charge >= 0.3 is 62.5 Å². The minimum atomic E-state index is -6.40. The van der Waals surface area contributed by atoms with Crippen molar-refractivity contribution in [1.82, 2.24) is 0 Å². The Balaban J connectivity index is 2.22. The third kappa shape index (κ3) is 8.94. The van der Waals surface area contributed by atoms with Gasteiger partial charge in [-0.1, -0.05) is 12.1 Å². The van der Waals surface area contributed by atoms with Crippen LogP contribution in [0.2, 0.25) is 0 Å². The molecule has 0 unspecified atom stereocenters. The molecule has 0 atom stereocenters. The Kier molecular flexibility index (Phi) is 11.4. The van der Waals surface area contributed by atoms with Crippen molar-refractivity contribution in [2.45, 2.75) is 53.1 Å². The molecule has 0 heterocycles. The van der Waals surface area contributed by atoms with Gasteiger partial charge in [-0.25, -0.2) is 0 Å². The molecule has 2 aromatic rings. The van der Waals surface area contributed by atoms with Crippen molar-refractivity contribution >= 4 is 40.5 Å². The van der Waals surface area contributed by atoms with E-state index in [1.165, 1.54) is 0 Å². The highest BCUT2D eigenvalue weighted by molar-refractivity contribution is 7.88. The Labute approximate surface area is 279 Å². The van der Waals surface area contributed by atoms with Crippen LogP contribution >= 0.6 is 0 Å². The Bertz CT molecular complexity index is 1920. The first-order chi connectivity index (χ1) is 22.8. The van der Waals surface area contributed by atoms with E-state index in [0.29, 0.717) is 24.3 Å². The molecular formula is C23H18F12O12S4. The molecule has 0 bridgehead atoms. The minimum absolute atomic E-state index is 0.153. The molecule has 0 saturated carbocycles. The van der Waals surface area contributed by atoms with Gasteiger partial charge < -0.3 is 8.37 Å². The normalized spacial score (nSPS) is 15.7. The van der Waals surface area contributed by atoms with E-state index in [9.17, 15) is 86.4 Å². The highest BCUT2D eigenvalue weighted by Gasteiger charge is 2.52. The zero-order valence-electron chi connectivity index (χ0n) is 24.3. The third-order valence-electron chi connectivity index (χ3n) is 6.82. The van der Waals surface area contributed by atoms with Crippen molar-refractivity contribution in [3.05, 3.63) is 47.5 Å². The van der Waals surface area contributed by atoms with Gasteiger partial charge in [0.05, 0.1) is 13.2 Å². The maximum atomic E-state index is 13.1. The quantitative estimate of drug-likeness (QED) is 0.0984. The summed E-state index contributed by atoms with van der Waals surface area (Å²) in [6.45, 7) is -2.69. The number of alkyl halides is 12. The van der Waals surface area contributed by atoms with Crippen LogP contribution in [-0.4, -0.2) is 68.9 Å². The second kappa shape index (κ2) is 13.7. The van der Waals surface area contributed by atoms with E-state index in [0.717, 1.165) is 12.1 Å². The topological polar surface area (TPSA) is 173 Å². The van der Waals surface area contributed by atoms with Gasteiger partial charge in [-0.05, 0) is 72.2 Å². The Morgan fingerprint density at radius 2 is 0.765 bits per heavy atom. The van der Waals surface area contributed by atoms with Crippen molar-refractivity contribution in [1.29, 1.82) is 0 Å². The molecule has 2 aromatic carbocycles. The number of fused-ring (bicyclic) bond motifs is 3. The molecule has 0 radical (unpaired) electrons. The lowest BCUT2D eigenvalue weighted by atomic mass is 9.71. The highest BCUT2D eigenvalue weighted by Crippen LogP contribution is 2.56. The van der Waals surface area contributed by atoms with Gasteiger partial charge in [-0.2, -0.15) is 86.4 Å². The molecule has 28 heteroatoms. The van der Waals surface area contributed by atoms with Gasteiger partial charge in [-0.3, -0.25) is 8.37 Å². The SMILES string of the molecule is O=S(=O)(OCCCC1(CCCOS(=O)(=O)C(F)(F)F)c2cc(OS(=O)(=O)C(F)(F)F)ccc2-c2ccc(OS(=O)(=O)C(F)(F)F)cc21)C(F)(F)F. The average molecular weight is 843 g/mol. The molecule has 0 aliphatic heterocycles. The summed E-state index contributed by atoms with van der Waals surface area (Å²) in [6, 6.07) is 4.17. The van der Waals surface area contributed by atoms with Gasteiger partial charge in [0.15, 0.2) is 0 Å². The first-order valence-electron chi connectivity index (χ1n) is 13.0. The smallest absolute Gasteiger partial charge is 0.376 e. The fraction of sp³-hybridized carbons (Fsp3) is 0.478. The lowest BCUT2D eigenvalue weighted by Crippen LogP contribution is -2.30. The molecular weight excluding hydrogens is 824 g/mol. The van der Waals surface area contributed by atoms with E-state index >= 15 is 0 Å². The fourth-order valence-corrected chi connectivity index (χ4v) is 6.63. The summed E-state index contributed by atoms with van der Waals surface area (Å²) in [5, 5.41) is 0. The van der Waals surface area contributed by atoms with Crippen LogP contribution < -0.4 is 8.37 Å². The minimum Gasteiger partial charge on any atom is -0.376 e. The first-order valence-corrected chi connectivity index (χ1v) is 18.6. The van der Waals surface area contributed by atoms with Crippen molar-refractivity contribution in [3.8, 4) is 22.6 Å². The van der Waals surface area contributed by atoms with Crippen LogP contribution in [0.5, 0.6) is 11.5 Å². The summed E-state index contributed by atoms with van der Waals surface area (Å²) < 4.78 is 263. The van der Waals surface area contributed by atoms with Crippen LogP contribution in [0.25, 0.3) is 11.1 Å². The van der Waals surface area contributed by atoms with Crippen LogP contribution in [-0.2, 0) is 54.3 Å². The molecule has 290 valence electrons. The number of hydrogen-bond donors (Lipinski definition) is 0. The van der Waals surface area contributed by atoms with E-state index < -0.39 is 129 Å². The molecule has 0 amide bonds. The fourth-order valence-electron chi connectivity index (χ4n) is 4.79. The summed E-state index contributed by atoms with van der Waals surface area (Å²) in [5.74, 6) is -2.24. The molecule has 0 N–H and O–H groups in total. The molecule has 0 spiro atoms. The van der Waals surface area contributed by atoms with E-state index in [1.54, 1.807) is 0 Å². The molecule has 0 fully saturated rings. The second-order valence-electron chi connectivity index (χ2n) is 10.1. The number of benzene rings is 2. The summed E-state index contributed by atoms with van der Waals surface area (Å²) in [5.41, 5.74) is -27.2. The monoisotopic (exact) mass is 842 g/mol. The molecule has 0 saturated heterocycles. The average Bonchev–Trinajstić information content (AvgIpc) is 3.19. The van der Waals surface area contributed by atoms with E-state index in [2.05, 4.69) is 16.7 Å². The van der Waals surface area contributed by atoms with Crippen molar-refractivity contribution < 1.29 is 103 Å². The van der Waals surface area contributed by atoms with Crippen LogP contribution in [0.1, 0.15) is 36.8 Å². The second-order valence-corrected chi connectivity index (χ2v) is 16.4. The Hall–Kier alpha value is -3.08. The molecule has 51 heavy (non-hydrogen) atoms. The summed E-state index contributed by atoms with van der Waals surface area (Å²) in [6.07, 6.45) is -3.27. The third-order valence-corrected chi connectivity index (χ3v) is 10.9. The molecule has 0 aromatic heterocycles. The van der Waals surface area contributed by atoms with Crippen molar-refractivity contribution in [3.63, 3.8) is 0 Å². The van der Waals surface area contributed by atoms with Crippen molar-refractivity contribution in [2.75, 3.05) is 13.2 Å². The maximum Gasteiger partial charge on any atom is 0.534 e. The molecule has 3 rings (SSSR count). The van der Waals surface area contributed by atoms with Gasteiger partial charge in [0, 0.05) is 5.41 Å². The van der Waals surface area contributed by atoms with Crippen molar-refractivity contribution in [2.24, 2.45) is 0 Å². The highest BCUT2D eigenvalue weighted by atomic mass is 32.2. The Morgan fingerprint density at radius 1 is 0.471 bits per heavy atom. The van der Waals surface area contributed by atoms with Gasteiger partial charge in [-0.15, -0.1) is 0 Å². The number of halogens is 12. The van der Waals surface area contributed by atoms with Crippen LogP contribution in [0.3, 0.4) is 0 Å².